The zero-order chi connectivity index (χ0) is 14.0. The summed E-state index contributed by atoms with van der Waals surface area (Å²) >= 11 is 0. The van der Waals surface area contributed by atoms with E-state index in [0.29, 0.717) is 17.6 Å². The number of rotatable bonds is 4. The van der Waals surface area contributed by atoms with Crippen LogP contribution in [0.3, 0.4) is 0 Å². The van der Waals surface area contributed by atoms with Crippen LogP contribution in [0.5, 0.6) is 5.75 Å². The van der Waals surface area contributed by atoms with Crippen molar-refractivity contribution in [2.45, 2.75) is 33.1 Å². The van der Waals surface area contributed by atoms with Crippen molar-refractivity contribution >= 4 is 11.0 Å². The van der Waals surface area contributed by atoms with Crippen molar-refractivity contribution in [3.05, 3.63) is 51.9 Å². The average Bonchev–Trinajstić information content (AvgIpc) is 2.37. The Morgan fingerprint density at radius 2 is 2.11 bits per heavy atom. The largest absolute Gasteiger partial charge is 0.507 e. The fourth-order valence-electron chi connectivity index (χ4n) is 2.37. The minimum Gasteiger partial charge on any atom is -0.507 e. The molecule has 2 aromatic rings. The van der Waals surface area contributed by atoms with Crippen molar-refractivity contribution in [3.8, 4) is 5.75 Å². The van der Waals surface area contributed by atoms with E-state index in [4.69, 9.17) is 4.42 Å². The first-order chi connectivity index (χ1) is 9.08. The fraction of sp³-hybridized carbons (Fsp3) is 0.312. The molecule has 100 valence electrons. The second kappa shape index (κ2) is 5.31. The standard InChI is InChI=1S/C16H18O3/c1-4-6-11-9-14(17)19-16-10(3)15(18)12(7-5-2)8-13(11)16/h5,8-9,18H,2,4,6-7H2,1,3H3. The summed E-state index contributed by atoms with van der Waals surface area (Å²) in [5, 5.41) is 11.0. The smallest absolute Gasteiger partial charge is 0.336 e. The molecule has 1 aromatic heterocycles. The molecule has 0 atom stereocenters. The van der Waals surface area contributed by atoms with Crippen LogP contribution in [0.15, 0.2) is 34.0 Å². The van der Waals surface area contributed by atoms with Gasteiger partial charge in [0.05, 0.1) is 0 Å². The predicted octanol–water partition coefficient (Wildman–Crippen LogP) is 3.49. The molecule has 1 aromatic carbocycles. The molecule has 0 aliphatic carbocycles. The van der Waals surface area contributed by atoms with E-state index in [9.17, 15) is 9.90 Å². The maximum Gasteiger partial charge on any atom is 0.336 e. The molecule has 0 radical (unpaired) electrons. The lowest BCUT2D eigenvalue weighted by Gasteiger charge is -2.11. The van der Waals surface area contributed by atoms with Gasteiger partial charge in [-0.2, -0.15) is 0 Å². The Kier molecular flexibility index (Phi) is 3.74. The van der Waals surface area contributed by atoms with Gasteiger partial charge in [0.2, 0.25) is 0 Å². The molecular formula is C16H18O3. The Bertz CT molecular complexity index is 680. The van der Waals surface area contributed by atoms with Crippen LogP contribution in [0.2, 0.25) is 0 Å². The summed E-state index contributed by atoms with van der Waals surface area (Å²) in [6.07, 6.45) is 4.11. The van der Waals surface area contributed by atoms with Crippen molar-refractivity contribution in [2.24, 2.45) is 0 Å². The van der Waals surface area contributed by atoms with Gasteiger partial charge in [-0.15, -0.1) is 6.58 Å². The Morgan fingerprint density at radius 3 is 2.74 bits per heavy atom. The third kappa shape index (κ3) is 2.41. The van der Waals surface area contributed by atoms with Gasteiger partial charge in [-0.25, -0.2) is 4.79 Å². The number of aryl methyl sites for hydroxylation is 2. The molecule has 1 heterocycles. The minimum atomic E-state index is -0.366. The molecule has 0 spiro atoms. The molecule has 0 bridgehead atoms. The van der Waals surface area contributed by atoms with Gasteiger partial charge in [0.25, 0.3) is 0 Å². The number of phenols is 1. The van der Waals surface area contributed by atoms with Crippen molar-refractivity contribution in [1.29, 1.82) is 0 Å². The Labute approximate surface area is 112 Å². The number of phenolic OH excluding ortho intramolecular Hbond substituents is 1. The number of fused-ring (bicyclic) bond motifs is 1. The maximum atomic E-state index is 11.6. The summed E-state index contributed by atoms with van der Waals surface area (Å²) in [4.78, 5) is 11.6. The zero-order valence-electron chi connectivity index (χ0n) is 11.3. The molecule has 1 N–H and O–H groups in total. The lowest BCUT2D eigenvalue weighted by atomic mass is 9.98. The van der Waals surface area contributed by atoms with Crippen molar-refractivity contribution in [2.75, 3.05) is 0 Å². The van der Waals surface area contributed by atoms with Crippen molar-refractivity contribution in [3.63, 3.8) is 0 Å². The molecule has 2 rings (SSSR count). The maximum absolute atomic E-state index is 11.6. The second-order valence-electron chi connectivity index (χ2n) is 4.72. The third-order valence-corrected chi connectivity index (χ3v) is 3.29. The van der Waals surface area contributed by atoms with Crippen LogP contribution in [0.25, 0.3) is 11.0 Å². The highest BCUT2D eigenvalue weighted by atomic mass is 16.4. The van der Waals surface area contributed by atoms with Crippen molar-refractivity contribution in [1.82, 2.24) is 0 Å². The number of allylic oxidation sites excluding steroid dienone is 1. The summed E-state index contributed by atoms with van der Waals surface area (Å²) in [7, 11) is 0. The Balaban J connectivity index is 2.83. The number of hydrogen-bond donors (Lipinski definition) is 1. The number of aromatic hydroxyl groups is 1. The van der Waals surface area contributed by atoms with Crippen LogP contribution in [-0.2, 0) is 12.8 Å². The van der Waals surface area contributed by atoms with Gasteiger partial charge in [0.15, 0.2) is 0 Å². The first-order valence-electron chi connectivity index (χ1n) is 6.47. The molecule has 0 unspecified atom stereocenters. The predicted molar refractivity (Wildman–Crippen MR) is 76.8 cm³/mol. The molecule has 0 amide bonds. The first kappa shape index (κ1) is 13.4. The second-order valence-corrected chi connectivity index (χ2v) is 4.72. The topological polar surface area (TPSA) is 50.4 Å². The third-order valence-electron chi connectivity index (χ3n) is 3.29. The fourth-order valence-corrected chi connectivity index (χ4v) is 2.37. The van der Waals surface area contributed by atoms with Crippen LogP contribution in [0.4, 0.5) is 0 Å². The van der Waals surface area contributed by atoms with E-state index < -0.39 is 0 Å². The van der Waals surface area contributed by atoms with E-state index in [1.54, 1.807) is 19.1 Å². The van der Waals surface area contributed by atoms with Crippen LogP contribution in [-0.4, -0.2) is 5.11 Å². The van der Waals surface area contributed by atoms with E-state index in [1.807, 2.05) is 6.07 Å². The van der Waals surface area contributed by atoms with Gasteiger partial charge in [-0.3, -0.25) is 0 Å². The van der Waals surface area contributed by atoms with E-state index in [-0.39, 0.29) is 11.4 Å². The van der Waals surface area contributed by atoms with Crippen LogP contribution >= 0.6 is 0 Å². The summed E-state index contributed by atoms with van der Waals surface area (Å²) in [5.74, 6) is 0.184. The summed E-state index contributed by atoms with van der Waals surface area (Å²) in [6.45, 7) is 7.53. The molecule has 0 aliphatic heterocycles. The molecular weight excluding hydrogens is 240 g/mol. The Morgan fingerprint density at radius 1 is 1.37 bits per heavy atom. The SMILES string of the molecule is C=CCc1cc2c(CCC)cc(=O)oc2c(C)c1O. The van der Waals surface area contributed by atoms with E-state index >= 15 is 0 Å². The molecule has 3 heteroatoms. The average molecular weight is 258 g/mol. The van der Waals surface area contributed by atoms with Crippen molar-refractivity contribution < 1.29 is 9.52 Å². The molecule has 0 saturated carbocycles. The monoisotopic (exact) mass is 258 g/mol. The van der Waals surface area contributed by atoms with E-state index in [0.717, 1.165) is 29.4 Å². The minimum absolute atomic E-state index is 0.184. The van der Waals surface area contributed by atoms with Crippen LogP contribution in [0, 0.1) is 6.92 Å². The van der Waals surface area contributed by atoms with Gasteiger partial charge >= 0.3 is 5.63 Å². The summed E-state index contributed by atoms with van der Waals surface area (Å²) < 4.78 is 5.25. The van der Waals surface area contributed by atoms with Crippen LogP contribution in [0.1, 0.15) is 30.0 Å². The molecule has 19 heavy (non-hydrogen) atoms. The Hall–Kier alpha value is -2.03. The van der Waals surface area contributed by atoms with E-state index in [1.165, 1.54) is 0 Å². The van der Waals surface area contributed by atoms with Gasteiger partial charge < -0.3 is 9.52 Å². The first-order valence-corrected chi connectivity index (χ1v) is 6.47. The highest BCUT2D eigenvalue weighted by Gasteiger charge is 2.14. The number of hydrogen-bond acceptors (Lipinski definition) is 3. The van der Waals surface area contributed by atoms with Gasteiger partial charge in [-0.1, -0.05) is 19.4 Å². The van der Waals surface area contributed by atoms with E-state index in [2.05, 4.69) is 13.5 Å². The molecule has 3 nitrogen and oxygen atoms in total. The quantitative estimate of drug-likeness (QED) is 0.674. The highest BCUT2D eigenvalue weighted by Crippen LogP contribution is 2.32. The molecule has 0 aliphatic rings. The molecule has 0 fully saturated rings. The van der Waals surface area contributed by atoms with Gasteiger partial charge in [0, 0.05) is 17.0 Å². The lowest BCUT2D eigenvalue weighted by Crippen LogP contribution is -2.02. The lowest BCUT2D eigenvalue weighted by molar-refractivity contribution is 0.462. The summed E-state index contributed by atoms with van der Waals surface area (Å²) in [6, 6.07) is 3.44. The van der Waals surface area contributed by atoms with Gasteiger partial charge in [0.1, 0.15) is 11.3 Å². The highest BCUT2D eigenvalue weighted by molar-refractivity contribution is 5.86. The molecule has 0 saturated heterocycles. The summed E-state index contributed by atoms with van der Waals surface area (Å²) in [5.41, 5.74) is 2.52. The zero-order valence-corrected chi connectivity index (χ0v) is 11.3. The van der Waals surface area contributed by atoms with Crippen LogP contribution < -0.4 is 5.63 Å². The normalized spacial score (nSPS) is 10.8. The number of benzene rings is 1. The van der Waals surface area contributed by atoms with Gasteiger partial charge in [-0.05, 0) is 37.0 Å².